The highest BCUT2D eigenvalue weighted by molar-refractivity contribution is 7.10. The molecule has 2 rings (SSSR count). The monoisotopic (exact) mass is 233 g/mol. The zero-order valence-electron chi connectivity index (χ0n) is 9.27. The van der Waals surface area contributed by atoms with Gasteiger partial charge in [-0.1, -0.05) is 18.2 Å². The van der Waals surface area contributed by atoms with Crippen LogP contribution in [0, 0.1) is 0 Å². The minimum absolute atomic E-state index is 0.599. The van der Waals surface area contributed by atoms with Crippen molar-refractivity contribution in [1.29, 1.82) is 0 Å². The van der Waals surface area contributed by atoms with Crippen molar-refractivity contribution in [2.75, 3.05) is 6.61 Å². The van der Waals surface area contributed by atoms with Crippen LogP contribution in [-0.2, 0) is 6.54 Å². The summed E-state index contributed by atoms with van der Waals surface area (Å²) in [5.41, 5.74) is 7.95. The molecule has 0 bridgehead atoms. The minimum Gasteiger partial charge on any atom is -0.493 e. The van der Waals surface area contributed by atoms with Crippen molar-refractivity contribution in [3.05, 3.63) is 40.6 Å². The van der Waals surface area contributed by atoms with Crippen molar-refractivity contribution in [3.8, 4) is 16.9 Å². The van der Waals surface area contributed by atoms with Crippen LogP contribution in [-0.4, -0.2) is 6.61 Å². The van der Waals surface area contributed by atoms with Gasteiger partial charge < -0.3 is 10.5 Å². The maximum atomic E-state index is 5.62. The molecule has 0 radical (unpaired) electrons. The van der Waals surface area contributed by atoms with Crippen LogP contribution in [0.25, 0.3) is 11.1 Å². The largest absolute Gasteiger partial charge is 0.493 e. The third-order valence-corrected chi connectivity index (χ3v) is 3.31. The number of nitrogens with two attached hydrogens (primary N) is 1. The third kappa shape index (κ3) is 2.26. The predicted molar refractivity (Wildman–Crippen MR) is 68.8 cm³/mol. The molecule has 0 amide bonds. The summed E-state index contributed by atoms with van der Waals surface area (Å²) < 4.78 is 5.61. The Balaban J connectivity index is 2.38. The first kappa shape index (κ1) is 11.2. The van der Waals surface area contributed by atoms with Gasteiger partial charge in [0.05, 0.1) is 6.61 Å². The van der Waals surface area contributed by atoms with Gasteiger partial charge in [0.25, 0.3) is 0 Å². The highest BCUT2D eigenvalue weighted by Gasteiger charge is 2.07. The van der Waals surface area contributed by atoms with E-state index in [-0.39, 0.29) is 0 Å². The molecule has 0 saturated carbocycles. The van der Waals surface area contributed by atoms with E-state index in [1.807, 2.05) is 25.1 Å². The SMILES string of the molecule is CCOc1ccccc1-c1csc(CN)c1. The Bertz CT molecular complexity index is 464. The molecule has 0 aliphatic rings. The zero-order chi connectivity index (χ0) is 11.4. The number of para-hydroxylation sites is 1. The van der Waals surface area contributed by atoms with E-state index in [1.54, 1.807) is 11.3 Å². The molecule has 1 heterocycles. The van der Waals surface area contributed by atoms with Gasteiger partial charge >= 0.3 is 0 Å². The molecular formula is C13H15NOS. The van der Waals surface area contributed by atoms with E-state index in [0.29, 0.717) is 13.2 Å². The average molecular weight is 233 g/mol. The van der Waals surface area contributed by atoms with E-state index in [2.05, 4.69) is 17.5 Å². The lowest BCUT2D eigenvalue weighted by Crippen LogP contribution is -1.93. The number of hydrogen-bond acceptors (Lipinski definition) is 3. The molecule has 1 aromatic heterocycles. The van der Waals surface area contributed by atoms with Crippen LogP contribution >= 0.6 is 11.3 Å². The maximum absolute atomic E-state index is 5.62. The van der Waals surface area contributed by atoms with Gasteiger partial charge in [0, 0.05) is 17.0 Å². The van der Waals surface area contributed by atoms with Crippen molar-refractivity contribution in [3.63, 3.8) is 0 Å². The lowest BCUT2D eigenvalue weighted by atomic mass is 10.1. The van der Waals surface area contributed by atoms with Crippen LogP contribution < -0.4 is 10.5 Å². The smallest absolute Gasteiger partial charge is 0.127 e. The highest BCUT2D eigenvalue weighted by Crippen LogP contribution is 2.32. The molecule has 2 nitrogen and oxygen atoms in total. The second-order valence-electron chi connectivity index (χ2n) is 3.43. The molecule has 1 aromatic carbocycles. The van der Waals surface area contributed by atoms with Crippen molar-refractivity contribution < 1.29 is 4.74 Å². The molecule has 84 valence electrons. The van der Waals surface area contributed by atoms with Gasteiger partial charge in [0.1, 0.15) is 5.75 Å². The van der Waals surface area contributed by atoms with Gasteiger partial charge in [-0.05, 0) is 30.0 Å². The van der Waals surface area contributed by atoms with Gasteiger partial charge in [0.2, 0.25) is 0 Å². The van der Waals surface area contributed by atoms with Crippen molar-refractivity contribution in [1.82, 2.24) is 0 Å². The zero-order valence-corrected chi connectivity index (χ0v) is 10.1. The van der Waals surface area contributed by atoms with E-state index in [9.17, 15) is 0 Å². The number of hydrogen-bond donors (Lipinski definition) is 1. The lowest BCUT2D eigenvalue weighted by Gasteiger charge is -2.08. The highest BCUT2D eigenvalue weighted by atomic mass is 32.1. The first-order valence-corrected chi connectivity index (χ1v) is 6.22. The van der Waals surface area contributed by atoms with Gasteiger partial charge in [-0.25, -0.2) is 0 Å². The quantitative estimate of drug-likeness (QED) is 0.879. The number of ether oxygens (including phenoxy) is 1. The number of thiophene rings is 1. The molecule has 2 N–H and O–H groups in total. The first-order chi connectivity index (χ1) is 7.85. The van der Waals surface area contributed by atoms with E-state index < -0.39 is 0 Å². The fraction of sp³-hybridized carbons (Fsp3) is 0.231. The molecular weight excluding hydrogens is 218 g/mol. The van der Waals surface area contributed by atoms with Gasteiger partial charge in [0.15, 0.2) is 0 Å². The van der Waals surface area contributed by atoms with E-state index >= 15 is 0 Å². The number of benzene rings is 1. The summed E-state index contributed by atoms with van der Waals surface area (Å²) in [6.07, 6.45) is 0. The van der Waals surface area contributed by atoms with Crippen LogP contribution in [0.4, 0.5) is 0 Å². The minimum atomic E-state index is 0.599. The Morgan fingerprint density at radius 1 is 1.31 bits per heavy atom. The Labute approximate surface area is 99.7 Å². The van der Waals surface area contributed by atoms with E-state index in [1.165, 1.54) is 10.4 Å². The Kier molecular flexibility index (Phi) is 3.59. The molecule has 16 heavy (non-hydrogen) atoms. The molecule has 0 aliphatic carbocycles. The van der Waals surface area contributed by atoms with Crippen molar-refractivity contribution >= 4 is 11.3 Å². The first-order valence-electron chi connectivity index (χ1n) is 5.34. The van der Waals surface area contributed by atoms with Crippen LogP contribution in [0.3, 0.4) is 0 Å². The summed E-state index contributed by atoms with van der Waals surface area (Å²) in [7, 11) is 0. The molecule has 0 spiro atoms. The fourth-order valence-electron chi connectivity index (χ4n) is 1.62. The van der Waals surface area contributed by atoms with Crippen LogP contribution in [0.15, 0.2) is 35.7 Å². The molecule has 0 aliphatic heterocycles. The molecule has 0 fully saturated rings. The van der Waals surface area contributed by atoms with Crippen LogP contribution in [0.1, 0.15) is 11.8 Å². The standard InChI is InChI=1S/C13H15NOS/c1-2-15-13-6-4-3-5-12(13)10-7-11(8-14)16-9-10/h3-7,9H,2,8,14H2,1H3. The second kappa shape index (κ2) is 5.14. The third-order valence-electron chi connectivity index (χ3n) is 2.35. The van der Waals surface area contributed by atoms with E-state index in [0.717, 1.165) is 11.3 Å². The number of rotatable bonds is 4. The summed E-state index contributed by atoms with van der Waals surface area (Å²) in [6.45, 7) is 3.28. The summed E-state index contributed by atoms with van der Waals surface area (Å²) in [6, 6.07) is 10.2. The summed E-state index contributed by atoms with van der Waals surface area (Å²) in [5, 5.41) is 2.13. The fourth-order valence-corrected chi connectivity index (χ4v) is 2.38. The van der Waals surface area contributed by atoms with E-state index in [4.69, 9.17) is 10.5 Å². The Morgan fingerprint density at radius 3 is 2.81 bits per heavy atom. The molecule has 2 aromatic rings. The Morgan fingerprint density at radius 2 is 2.12 bits per heavy atom. The summed E-state index contributed by atoms with van der Waals surface area (Å²) in [5.74, 6) is 0.936. The maximum Gasteiger partial charge on any atom is 0.127 e. The summed E-state index contributed by atoms with van der Waals surface area (Å²) >= 11 is 1.69. The average Bonchev–Trinajstić information content (AvgIpc) is 2.79. The molecule has 0 atom stereocenters. The van der Waals surface area contributed by atoms with Crippen LogP contribution in [0.2, 0.25) is 0 Å². The second-order valence-corrected chi connectivity index (χ2v) is 4.43. The van der Waals surface area contributed by atoms with Gasteiger partial charge in [-0.2, -0.15) is 0 Å². The van der Waals surface area contributed by atoms with Gasteiger partial charge in [-0.15, -0.1) is 11.3 Å². The molecule has 0 saturated heterocycles. The van der Waals surface area contributed by atoms with Gasteiger partial charge in [-0.3, -0.25) is 0 Å². The summed E-state index contributed by atoms with van der Waals surface area (Å²) in [4.78, 5) is 1.20. The molecule has 0 unspecified atom stereocenters. The van der Waals surface area contributed by atoms with Crippen molar-refractivity contribution in [2.45, 2.75) is 13.5 Å². The lowest BCUT2D eigenvalue weighted by molar-refractivity contribution is 0.341. The molecule has 3 heteroatoms. The predicted octanol–water partition coefficient (Wildman–Crippen LogP) is 3.27. The van der Waals surface area contributed by atoms with Crippen LogP contribution in [0.5, 0.6) is 5.75 Å². The topological polar surface area (TPSA) is 35.2 Å². The van der Waals surface area contributed by atoms with Crippen molar-refractivity contribution in [2.24, 2.45) is 5.73 Å². The Hall–Kier alpha value is -1.32. The normalized spacial score (nSPS) is 10.4.